The molecule has 2 unspecified atom stereocenters. The van der Waals surface area contributed by atoms with Gasteiger partial charge in [0.15, 0.2) is 0 Å². The van der Waals surface area contributed by atoms with Crippen LogP contribution >= 0.6 is 0 Å². The summed E-state index contributed by atoms with van der Waals surface area (Å²) in [4.78, 5) is 23.0. The number of amides is 2. The lowest BCUT2D eigenvalue weighted by Crippen LogP contribution is -2.45. The zero-order chi connectivity index (χ0) is 19.5. The first-order valence-corrected chi connectivity index (χ1v) is 9.05. The summed E-state index contributed by atoms with van der Waals surface area (Å²) in [5.74, 6) is -0.895. The third-order valence-corrected chi connectivity index (χ3v) is 4.18. The van der Waals surface area contributed by atoms with E-state index >= 15 is 0 Å². The van der Waals surface area contributed by atoms with Crippen LogP contribution in [0.3, 0.4) is 0 Å². The van der Waals surface area contributed by atoms with Crippen LogP contribution in [0.1, 0.15) is 24.0 Å². The molecule has 0 fully saturated rings. The average Bonchev–Trinajstić information content (AvgIpc) is 2.66. The van der Waals surface area contributed by atoms with Crippen molar-refractivity contribution in [1.82, 2.24) is 10.6 Å². The maximum atomic E-state index is 12.2. The molecule has 0 aliphatic rings. The van der Waals surface area contributed by atoms with E-state index in [1.165, 1.54) is 0 Å². The van der Waals surface area contributed by atoms with Crippen LogP contribution in [0.15, 0.2) is 60.7 Å². The molecule has 0 radical (unpaired) electrons. The highest BCUT2D eigenvalue weighted by Gasteiger charge is 2.15. The summed E-state index contributed by atoms with van der Waals surface area (Å²) < 4.78 is 0. The van der Waals surface area contributed by atoms with Crippen LogP contribution in [0.5, 0.6) is 0 Å². The zero-order valence-corrected chi connectivity index (χ0v) is 15.2. The first-order chi connectivity index (χ1) is 13.0. The van der Waals surface area contributed by atoms with Gasteiger partial charge in [-0.3, -0.25) is 4.79 Å². The number of hydrogen-bond acceptors (Lipinski definition) is 3. The Kier molecular flexibility index (Phi) is 8.32. The lowest BCUT2D eigenvalue weighted by atomic mass is 10.0. The predicted molar refractivity (Wildman–Crippen MR) is 103 cm³/mol. The second kappa shape index (κ2) is 11.0. The van der Waals surface area contributed by atoms with Crippen molar-refractivity contribution >= 4 is 12.0 Å². The molecular weight excluding hydrogens is 344 g/mol. The molecule has 4 N–H and O–H groups in total. The fourth-order valence-corrected chi connectivity index (χ4v) is 2.83. The summed E-state index contributed by atoms with van der Waals surface area (Å²) in [6.07, 6.45) is 0.630. The van der Waals surface area contributed by atoms with Gasteiger partial charge in [-0.05, 0) is 24.0 Å². The van der Waals surface area contributed by atoms with E-state index in [1.807, 2.05) is 60.7 Å². The summed E-state index contributed by atoms with van der Waals surface area (Å²) in [6.45, 7) is 0.123. The van der Waals surface area contributed by atoms with E-state index in [1.54, 1.807) is 0 Å². The molecule has 0 aliphatic carbocycles. The fourth-order valence-electron chi connectivity index (χ4n) is 2.83. The molecule has 144 valence electrons. The first-order valence-electron chi connectivity index (χ1n) is 9.05. The third kappa shape index (κ3) is 8.37. The van der Waals surface area contributed by atoms with Crippen LogP contribution in [0.25, 0.3) is 0 Å². The number of hydrogen-bond donors (Lipinski definition) is 4. The molecule has 6 nitrogen and oxygen atoms in total. The van der Waals surface area contributed by atoms with Crippen molar-refractivity contribution in [1.29, 1.82) is 0 Å². The van der Waals surface area contributed by atoms with Crippen LogP contribution < -0.4 is 10.6 Å². The molecule has 0 spiro atoms. The number of nitrogens with one attached hydrogen (secondary N) is 2. The maximum absolute atomic E-state index is 12.2. The number of aliphatic hydroxyl groups is 1. The van der Waals surface area contributed by atoms with Crippen molar-refractivity contribution in [3.05, 3.63) is 71.8 Å². The van der Waals surface area contributed by atoms with Gasteiger partial charge in [0.05, 0.1) is 6.10 Å². The van der Waals surface area contributed by atoms with E-state index in [0.717, 1.165) is 11.1 Å². The van der Waals surface area contributed by atoms with E-state index in [4.69, 9.17) is 5.11 Å². The van der Waals surface area contributed by atoms with Crippen LogP contribution in [0, 0.1) is 0 Å². The Labute approximate surface area is 159 Å². The SMILES string of the molecule is O=C(O)CCC(Cc1ccccc1)NC(=O)NCC(O)Cc1ccccc1. The minimum Gasteiger partial charge on any atom is -0.481 e. The normalized spacial score (nSPS) is 12.8. The molecule has 2 amide bonds. The quantitative estimate of drug-likeness (QED) is 0.516. The molecule has 6 heteroatoms. The van der Waals surface area contributed by atoms with Gasteiger partial charge in [0, 0.05) is 25.4 Å². The van der Waals surface area contributed by atoms with E-state index in [9.17, 15) is 14.7 Å². The van der Waals surface area contributed by atoms with Gasteiger partial charge in [-0.1, -0.05) is 60.7 Å². The Morgan fingerprint density at radius 3 is 2.00 bits per heavy atom. The lowest BCUT2D eigenvalue weighted by Gasteiger charge is -2.19. The number of aliphatic hydroxyl groups excluding tert-OH is 1. The molecule has 0 heterocycles. The Hall–Kier alpha value is -2.86. The molecule has 2 aromatic carbocycles. The van der Waals surface area contributed by atoms with Gasteiger partial charge in [-0.2, -0.15) is 0 Å². The number of carbonyl (C=O) groups is 2. The zero-order valence-electron chi connectivity index (χ0n) is 15.2. The molecule has 0 saturated heterocycles. The van der Waals surface area contributed by atoms with E-state index in [0.29, 0.717) is 19.3 Å². The van der Waals surface area contributed by atoms with Crippen molar-refractivity contribution in [3.63, 3.8) is 0 Å². The number of urea groups is 1. The average molecular weight is 370 g/mol. The molecule has 2 atom stereocenters. The summed E-state index contributed by atoms with van der Waals surface area (Å²) in [5, 5.41) is 24.5. The van der Waals surface area contributed by atoms with Gasteiger partial charge < -0.3 is 20.8 Å². The monoisotopic (exact) mass is 370 g/mol. The van der Waals surface area contributed by atoms with Gasteiger partial charge in [0.2, 0.25) is 0 Å². The minimum absolute atomic E-state index is 0.0194. The molecule has 2 aromatic rings. The molecular formula is C21H26N2O4. The predicted octanol–water partition coefficient (Wildman–Crippen LogP) is 2.37. The Bertz CT molecular complexity index is 707. The molecule has 27 heavy (non-hydrogen) atoms. The largest absolute Gasteiger partial charge is 0.481 e. The summed E-state index contributed by atoms with van der Waals surface area (Å²) in [7, 11) is 0. The van der Waals surface area contributed by atoms with Gasteiger partial charge in [0.25, 0.3) is 0 Å². The number of carbonyl (C=O) groups excluding carboxylic acids is 1. The van der Waals surface area contributed by atoms with E-state index in [-0.39, 0.29) is 19.0 Å². The van der Waals surface area contributed by atoms with Gasteiger partial charge in [-0.15, -0.1) is 0 Å². The Morgan fingerprint density at radius 1 is 0.889 bits per heavy atom. The van der Waals surface area contributed by atoms with Crippen LogP contribution in [0.2, 0.25) is 0 Å². The molecule has 0 bridgehead atoms. The highest BCUT2D eigenvalue weighted by molar-refractivity contribution is 5.74. The van der Waals surface area contributed by atoms with Gasteiger partial charge in [-0.25, -0.2) is 4.79 Å². The molecule has 0 saturated carbocycles. The number of carboxylic acid groups (broad SMARTS) is 1. The smallest absolute Gasteiger partial charge is 0.315 e. The fraction of sp³-hybridized carbons (Fsp3) is 0.333. The summed E-state index contributed by atoms with van der Waals surface area (Å²) in [6, 6.07) is 18.5. The number of aliphatic carboxylic acids is 1. The van der Waals surface area contributed by atoms with Crippen LogP contribution in [-0.2, 0) is 17.6 Å². The van der Waals surface area contributed by atoms with Crippen LogP contribution in [-0.4, -0.2) is 40.9 Å². The molecule has 0 aliphatic heterocycles. The minimum atomic E-state index is -0.895. The Balaban J connectivity index is 1.81. The van der Waals surface area contributed by atoms with Crippen molar-refractivity contribution in [2.75, 3.05) is 6.54 Å². The highest BCUT2D eigenvalue weighted by atomic mass is 16.4. The second-order valence-electron chi connectivity index (χ2n) is 6.52. The standard InChI is InChI=1S/C21H26N2O4/c24-19(14-17-9-5-2-6-10-17)15-22-21(27)23-18(11-12-20(25)26)13-16-7-3-1-4-8-16/h1-10,18-19,24H,11-15H2,(H,25,26)(H2,22,23,27). The summed E-state index contributed by atoms with van der Waals surface area (Å²) in [5.41, 5.74) is 2.02. The molecule has 0 aromatic heterocycles. The van der Waals surface area contributed by atoms with Crippen LogP contribution in [0.4, 0.5) is 4.79 Å². The van der Waals surface area contributed by atoms with E-state index in [2.05, 4.69) is 10.6 Å². The summed E-state index contributed by atoms with van der Waals surface area (Å²) >= 11 is 0. The Morgan fingerprint density at radius 2 is 1.44 bits per heavy atom. The first kappa shape index (κ1) is 20.5. The number of benzene rings is 2. The van der Waals surface area contributed by atoms with Gasteiger partial charge >= 0.3 is 12.0 Å². The van der Waals surface area contributed by atoms with Crippen molar-refractivity contribution < 1.29 is 19.8 Å². The number of carboxylic acids is 1. The van der Waals surface area contributed by atoms with Crippen molar-refractivity contribution in [2.45, 2.75) is 37.8 Å². The van der Waals surface area contributed by atoms with Crippen molar-refractivity contribution in [2.24, 2.45) is 0 Å². The van der Waals surface area contributed by atoms with Crippen molar-refractivity contribution in [3.8, 4) is 0 Å². The van der Waals surface area contributed by atoms with Gasteiger partial charge in [0.1, 0.15) is 0 Å². The third-order valence-electron chi connectivity index (χ3n) is 4.18. The van der Waals surface area contributed by atoms with E-state index < -0.39 is 18.1 Å². The highest BCUT2D eigenvalue weighted by Crippen LogP contribution is 2.08. The lowest BCUT2D eigenvalue weighted by molar-refractivity contribution is -0.137. The maximum Gasteiger partial charge on any atom is 0.315 e. The molecule has 2 rings (SSSR count). The number of rotatable bonds is 10. The topological polar surface area (TPSA) is 98.7 Å². The second-order valence-corrected chi connectivity index (χ2v) is 6.52.